The first kappa shape index (κ1) is 15.0. The van der Waals surface area contributed by atoms with Gasteiger partial charge in [-0.1, -0.05) is 0 Å². The molecule has 2 rings (SSSR count). The lowest BCUT2D eigenvalue weighted by molar-refractivity contribution is 0.0600. The Morgan fingerprint density at radius 1 is 1.45 bits per heavy atom. The van der Waals surface area contributed by atoms with E-state index in [1.165, 1.54) is 25.3 Å². The molecule has 1 aromatic carbocycles. The van der Waals surface area contributed by atoms with Gasteiger partial charge < -0.3 is 4.74 Å². The van der Waals surface area contributed by atoms with Gasteiger partial charge in [-0.15, -0.1) is 0 Å². The predicted octanol–water partition coefficient (Wildman–Crippen LogP) is 1.71. The number of nitrogens with one attached hydrogen (secondary N) is 1. The number of benzene rings is 1. The van der Waals surface area contributed by atoms with E-state index in [2.05, 4.69) is 30.4 Å². The summed E-state index contributed by atoms with van der Waals surface area (Å²) in [5.41, 5.74) is 0.171. The van der Waals surface area contributed by atoms with Crippen LogP contribution in [0.25, 0.3) is 0 Å². The molecule has 0 atom stereocenters. The number of ether oxygens (including phenoxy) is 1. The maximum absolute atomic E-state index is 12.3. The Morgan fingerprint density at radius 3 is 2.80 bits per heavy atom. The lowest BCUT2D eigenvalue weighted by Crippen LogP contribution is -2.29. The van der Waals surface area contributed by atoms with Gasteiger partial charge in [0.15, 0.2) is 0 Å². The second kappa shape index (κ2) is 5.92. The zero-order valence-electron chi connectivity index (χ0n) is 10.7. The van der Waals surface area contributed by atoms with Crippen molar-refractivity contribution in [2.45, 2.75) is 17.7 Å². The number of halogens is 1. The van der Waals surface area contributed by atoms with Crippen LogP contribution in [0.5, 0.6) is 0 Å². The summed E-state index contributed by atoms with van der Waals surface area (Å²) in [6.45, 7) is 0.626. The highest BCUT2D eigenvalue weighted by Gasteiger charge is 2.22. The largest absolute Gasteiger partial charge is 0.465 e. The van der Waals surface area contributed by atoms with Crippen LogP contribution >= 0.6 is 15.9 Å². The molecule has 0 saturated heterocycles. The predicted molar refractivity (Wildman–Crippen MR) is 77.3 cm³/mol. The Labute approximate surface area is 125 Å². The zero-order valence-corrected chi connectivity index (χ0v) is 13.1. The minimum absolute atomic E-state index is 0.0185. The van der Waals surface area contributed by atoms with Crippen LogP contribution in [0.2, 0.25) is 0 Å². The molecule has 1 aliphatic rings. The Hall–Kier alpha value is -1.41. The number of aliphatic imine (C=N–C) groups is 1. The molecule has 1 N–H and O–H groups in total. The lowest BCUT2D eigenvalue weighted by atomic mass is 10.2. The highest BCUT2D eigenvalue weighted by Crippen LogP contribution is 2.24. The zero-order chi connectivity index (χ0) is 14.8. The highest BCUT2D eigenvalue weighted by atomic mass is 79.9. The number of carbonyl (C=O) groups is 1. The fraction of sp³-hybridized carbons (Fsp3) is 0.333. The van der Waals surface area contributed by atoms with E-state index in [-0.39, 0.29) is 10.5 Å². The van der Waals surface area contributed by atoms with Gasteiger partial charge in [-0.05, 0) is 40.5 Å². The van der Waals surface area contributed by atoms with Crippen LogP contribution in [0.3, 0.4) is 0 Å². The number of hydrogen-bond donors (Lipinski definition) is 1. The third kappa shape index (κ3) is 3.18. The SMILES string of the molecule is COC(=O)c1ccc(Br)c(S(=O)(=O)NC2=NCCC2)c1. The van der Waals surface area contributed by atoms with Crippen molar-refractivity contribution in [3.63, 3.8) is 0 Å². The molecule has 0 unspecified atom stereocenters. The van der Waals surface area contributed by atoms with Gasteiger partial charge in [0, 0.05) is 17.4 Å². The molecule has 0 fully saturated rings. The van der Waals surface area contributed by atoms with Crippen molar-refractivity contribution in [1.82, 2.24) is 4.72 Å². The molecule has 0 radical (unpaired) electrons. The number of rotatable bonds is 3. The van der Waals surface area contributed by atoms with E-state index in [0.717, 1.165) is 6.42 Å². The van der Waals surface area contributed by atoms with Crippen molar-refractivity contribution in [1.29, 1.82) is 0 Å². The summed E-state index contributed by atoms with van der Waals surface area (Å²) in [5.74, 6) is -0.146. The Morgan fingerprint density at radius 2 is 2.20 bits per heavy atom. The topological polar surface area (TPSA) is 84.8 Å². The van der Waals surface area contributed by atoms with Gasteiger partial charge in [0.2, 0.25) is 0 Å². The quantitative estimate of drug-likeness (QED) is 0.831. The molecule has 1 heterocycles. The normalized spacial score (nSPS) is 14.8. The summed E-state index contributed by atoms with van der Waals surface area (Å²) < 4.78 is 32.0. The first-order chi connectivity index (χ1) is 9.44. The van der Waals surface area contributed by atoms with Gasteiger partial charge in [0.25, 0.3) is 10.0 Å². The maximum atomic E-state index is 12.3. The number of nitrogens with zero attached hydrogens (tertiary/aromatic N) is 1. The number of carbonyl (C=O) groups excluding carboxylic acids is 1. The van der Waals surface area contributed by atoms with Crippen LogP contribution in [0.4, 0.5) is 0 Å². The molecule has 0 amide bonds. The summed E-state index contributed by atoms with van der Waals surface area (Å²) in [7, 11) is -2.53. The summed E-state index contributed by atoms with van der Waals surface area (Å²) in [6, 6.07) is 4.26. The minimum atomic E-state index is -3.77. The van der Waals surface area contributed by atoms with E-state index in [0.29, 0.717) is 23.3 Å². The number of esters is 1. The number of methoxy groups -OCH3 is 1. The molecule has 6 nitrogen and oxygen atoms in total. The minimum Gasteiger partial charge on any atom is -0.465 e. The average molecular weight is 361 g/mol. The number of amidine groups is 1. The Kier molecular flexibility index (Phi) is 4.44. The van der Waals surface area contributed by atoms with Crippen LogP contribution in [0.1, 0.15) is 23.2 Å². The van der Waals surface area contributed by atoms with Gasteiger partial charge in [-0.3, -0.25) is 9.71 Å². The van der Waals surface area contributed by atoms with Crippen molar-refractivity contribution in [2.75, 3.05) is 13.7 Å². The molecule has 0 bridgehead atoms. The molecule has 20 heavy (non-hydrogen) atoms. The number of hydrogen-bond acceptors (Lipinski definition) is 5. The Bertz CT molecular complexity index is 670. The van der Waals surface area contributed by atoms with Crippen molar-refractivity contribution < 1.29 is 17.9 Å². The van der Waals surface area contributed by atoms with Gasteiger partial charge in [-0.25, -0.2) is 13.2 Å². The molecule has 1 aliphatic heterocycles. The van der Waals surface area contributed by atoms with E-state index in [4.69, 9.17) is 0 Å². The molecule has 0 spiro atoms. The van der Waals surface area contributed by atoms with Crippen LogP contribution in [-0.2, 0) is 14.8 Å². The monoisotopic (exact) mass is 360 g/mol. The van der Waals surface area contributed by atoms with Crippen LogP contribution < -0.4 is 4.72 Å². The summed E-state index contributed by atoms with van der Waals surface area (Å²) in [5, 5.41) is 0. The van der Waals surface area contributed by atoms with Gasteiger partial charge >= 0.3 is 5.97 Å². The van der Waals surface area contributed by atoms with E-state index in [1.54, 1.807) is 0 Å². The third-order valence-electron chi connectivity index (χ3n) is 2.77. The fourth-order valence-electron chi connectivity index (χ4n) is 1.79. The summed E-state index contributed by atoms with van der Waals surface area (Å²) in [6.07, 6.45) is 1.44. The van der Waals surface area contributed by atoms with Crippen LogP contribution in [0.15, 0.2) is 32.6 Å². The van der Waals surface area contributed by atoms with Crippen molar-refractivity contribution >= 4 is 37.8 Å². The molecule has 0 saturated carbocycles. The summed E-state index contributed by atoms with van der Waals surface area (Å²) in [4.78, 5) is 15.5. The highest BCUT2D eigenvalue weighted by molar-refractivity contribution is 9.10. The first-order valence-electron chi connectivity index (χ1n) is 5.88. The maximum Gasteiger partial charge on any atom is 0.337 e. The second-order valence-electron chi connectivity index (χ2n) is 4.17. The lowest BCUT2D eigenvalue weighted by Gasteiger charge is -2.10. The molecule has 0 aliphatic carbocycles. The molecular formula is C12H13BrN2O4S. The van der Waals surface area contributed by atoms with E-state index < -0.39 is 16.0 Å². The molecule has 1 aromatic rings. The smallest absolute Gasteiger partial charge is 0.337 e. The number of sulfonamides is 1. The molecule has 108 valence electrons. The average Bonchev–Trinajstić information content (AvgIpc) is 2.90. The fourth-order valence-corrected chi connectivity index (χ4v) is 3.87. The second-order valence-corrected chi connectivity index (χ2v) is 6.68. The van der Waals surface area contributed by atoms with Crippen LogP contribution in [-0.4, -0.2) is 33.9 Å². The molecule has 0 aromatic heterocycles. The molecular weight excluding hydrogens is 348 g/mol. The van der Waals surface area contributed by atoms with Crippen molar-refractivity contribution in [3.8, 4) is 0 Å². The van der Waals surface area contributed by atoms with E-state index >= 15 is 0 Å². The summed E-state index contributed by atoms with van der Waals surface area (Å²) >= 11 is 3.18. The first-order valence-corrected chi connectivity index (χ1v) is 8.15. The van der Waals surface area contributed by atoms with Gasteiger partial charge in [0.05, 0.1) is 12.7 Å². The van der Waals surface area contributed by atoms with Crippen molar-refractivity contribution in [3.05, 3.63) is 28.2 Å². The van der Waals surface area contributed by atoms with Gasteiger partial charge in [-0.2, -0.15) is 0 Å². The van der Waals surface area contributed by atoms with E-state index in [9.17, 15) is 13.2 Å². The van der Waals surface area contributed by atoms with E-state index in [1.807, 2.05) is 0 Å². The Balaban J connectivity index is 2.37. The van der Waals surface area contributed by atoms with Gasteiger partial charge in [0.1, 0.15) is 10.7 Å². The third-order valence-corrected chi connectivity index (χ3v) is 5.14. The molecule has 8 heteroatoms. The standard InChI is InChI=1S/C12H13BrN2O4S/c1-19-12(16)8-4-5-9(13)10(7-8)20(17,18)15-11-3-2-6-14-11/h4-5,7H,2-3,6H2,1H3,(H,14,15). The van der Waals surface area contributed by atoms with Crippen LogP contribution in [0, 0.1) is 0 Å². The van der Waals surface area contributed by atoms with Crippen molar-refractivity contribution in [2.24, 2.45) is 4.99 Å².